The van der Waals surface area contributed by atoms with Crippen LogP contribution in [0, 0.1) is 13.8 Å². The van der Waals surface area contributed by atoms with Crippen LogP contribution in [0.25, 0.3) is 0 Å². The van der Waals surface area contributed by atoms with Crippen LogP contribution in [0.1, 0.15) is 36.8 Å². The van der Waals surface area contributed by atoms with Crippen LogP contribution in [0.2, 0.25) is 0 Å². The Morgan fingerprint density at radius 2 is 2.04 bits per heavy atom. The van der Waals surface area contributed by atoms with Gasteiger partial charge in [0.1, 0.15) is 18.1 Å². The van der Waals surface area contributed by atoms with Crippen LogP contribution in [0.5, 0.6) is 5.75 Å². The van der Waals surface area contributed by atoms with Crippen molar-refractivity contribution >= 4 is 29.9 Å². The Bertz CT molecular complexity index is 681. The minimum absolute atomic E-state index is 0. The van der Waals surface area contributed by atoms with Crippen LogP contribution in [0.4, 0.5) is 0 Å². The van der Waals surface area contributed by atoms with Crippen LogP contribution in [0.15, 0.2) is 33.7 Å². The predicted molar refractivity (Wildman–Crippen MR) is 116 cm³/mol. The molecule has 2 aromatic rings. The standard InChI is InChI=1S/C19H28N4O2.HI/c1-5-20-19(22-13-18-23-14(3)15(4)25-18)21-11-10-16-8-7-9-17(12-16)24-6-2;/h7-9,12H,5-6,10-11,13H2,1-4H3,(H2,20,21,22);1H. The smallest absolute Gasteiger partial charge is 0.216 e. The first kappa shape index (κ1) is 22.3. The number of nitrogens with one attached hydrogen (secondary N) is 2. The van der Waals surface area contributed by atoms with Gasteiger partial charge >= 0.3 is 0 Å². The fraction of sp³-hybridized carbons (Fsp3) is 0.474. The Hall–Kier alpha value is -1.77. The fourth-order valence-electron chi connectivity index (χ4n) is 2.38. The molecular formula is C19H29IN4O2. The molecule has 144 valence electrons. The predicted octanol–water partition coefficient (Wildman–Crippen LogP) is 3.61. The summed E-state index contributed by atoms with van der Waals surface area (Å²) in [6, 6.07) is 8.18. The van der Waals surface area contributed by atoms with Crippen molar-refractivity contribution in [2.45, 2.75) is 40.7 Å². The molecule has 0 radical (unpaired) electrons. The van der Waals surface area contributed by atoms with E-state index in [4.69, 9.17) is 9.15 Å². The van der Waals surface area contributed by atoms with Gasteiger partial charge in [0.15, 0.2) is 5.96 Å². The molecule has 0 atom stereocenters. The van der Waals surface area contributed by atoms with Crippen molar-refractivity contribution in [3.8, 4) is 5.75 Å². The number of rotatable bonds is 8. The van der Waals surface area contributed by atoms with Crippen LogP contribution >= 0.6 is 24.0 Å². The highest BCUT2D eigenvalue weighted by atomic mass is 127. The maximum atomic E-state index is 5.57. The number of hydrogen-bond acceptors (Lipinski definition) is 4. The Kier molecular flexibility index (Phi) is 10.1. The normalized spacial score (nSPS) is 11.0. The number of benzene rings is 1. The van der Waals surface area contributed by atoms with Crippen LogP contribution in [0.3, 0.4) is 0 Å². The third kappa shape index (κ3) is 7.23. The van der Waals surface area contributed by atoms with E-state index in [1.807, 2.05) is 39.8 Å². The van der Waals surface area contributed by atoms with E-state index in [0.29, 0.717) is 19.0 Å². The van der Waals surface area contributed by atoms with E-state index in [2.05, 4.69) is 32.7 Å². The molecular weight excluding hydrogens is 443 g/mol. The third-order valence-corrected chi connectivity index (χ3v) is 3.71. The van der Waals surface area contributed by atoms with Crippen molar-refractivity contribution in [2.75, 3.05) is 19.7 Å². The molecule has 1 aromatic heterocycles. The molecule has 26 heavy (non-hydrogen) atoms. The quantitative estimate of drug-likeness (QED) is 0.349. The molecule has 1 aromatic carbocycles. The minimum Gasteiger partial charge on any atom is -0.494 e. The first-order chi connectivity index (χ1) is 12.1. The van der Waals surface area contributed by atoms with E-state index in [9.17, 15) is 0 Å². The van der Waals surface area contributed by atoms with Gasteiger partial charge in [-0.3, -0.25) is 0 Å². The summed E-state index contributed by atoms with van der Waals surface area (Å²) in [5.41, 5.74) is 2.14. The second-order valence-corrected chi connectivity index (χ2v) is 5.70. The third-order valence-electron chi connectivity index (χ3n) is 3.71. The Labute approximate surface area is 172 Å². The van der Waals surface area contributed by atoms with Crippen molar-refractivity contribution in [3.05, 3.63) is 47.2 Å². The molecule has 0 saturated carbocycles. The summed E-state index contributed by atoms with van der Waals surface area (Å²) >= 11 is 0. The van der Waals surface area contributed by atoms with Gasteiger partial charge in [0, 0.05) is 13.1 Å². The van der Waals surface area contributed by atoms with E-state index < -0.39 is 0 Å². The molecule has 0 fully saturated rings. The summed E-state index contributed by atoms with van der Waals surface area (Å²) in [6.45, 7) is 10.6. The van der Waals surface area contributed by atoms with Crippen molar-refractivity contribution in [3.63, 3.8) is 0 Å². The number of guanidine groups is 1. The number of ether oxygens (including phenoxy) is 1. The summed E-state index contributed by atoms with van der Waals surface area (Å²) < 4.78 is 11.1. The van der Waals surface area contributed by atoms with E-state index in [1.54, 1.807) is 0 Å². The van der Waals surface area contributed by atoms with Gasteiger partial charge in [0.25, 0.3) is 0 Å². The Balaban J connectivity index is 0.00000338. The fourth-order valence-corrected chi connectivity index (χ4v) is 2.38. The lowest BCUT2D eigenvalue weighted by atomic mass is 10.1. The molecule has 7 heteroatoms. The lowest BCUT2D eigenvalue weighted by Gasteiger charge is -2.11. The molecule has 1 heterocycles. The number of hydrogen-bond donors (Lipinski definition) is 2. The minimum atomic E-state index is 0. The number of oxazole rings is 1. The van der Waals surface area contributed by atoms with Gasteiger partial charge in [-0.15, -0.1) is 24.0 Å². The molecule has 0 unspecified atom stereocenters. The van der Waals surface area contributed by atoms with Crippen molar-refractivity contribution in [2.24, 2.45) is 4.99 Å². The lowest BCUT2D eigenvalue weighted by molar-refractivity contribution is 0.340. The summed E-state index contributed by atoms with van der Waals surface area (Å²) in [5.74, 6) is 3.15. The van der Waals surface area contributed by atoms with E-state index in [-0.39, 0.29) is 24.0 Å². The number of nitrogens with zero attached hydrogens (tertiary/aromatic N) is 2. The summed E-state index contributed by atoms with van der Waals surface area (Å²) in [5, 5.41) is 6.58. The highest BCUT2D eigenvalue weighted by Gasteiger charge is 2.05. The molecule has 0 aliphatic carbocycles. The van der Waals surface area contributed by atoms with Crippen LogP contribution < -0.4 is 15.4 Å². The molecule has 2 rings (SSSR count). The van der Waals surface area contributed by atoms with Crippen LogP contribution in [-0.4, -0.2) is 30.6 Å². The number of aliphatic imine (C=N–C) groups is 1. The van der Waals surface area contributed by atoms with Gasteiger partial charge in [-0.25, -0.2) is 9.98 Å². The first-order valence-corrected chi connectivity index (χ1v) is 8.79. The van der Waals surface area contributed by atoms with Crippen LogP contribution in [-0.2, 0) is 13.0 Å². The Morgan fingerprint density at radius 3 is 2.69 bits per heavy atom. The molecule has 6 nitrogen and oxygen atoms in total. The second kappa shape index (κ2) is 11.8. The molecule has 0 spiro atoms. The molecule has 0 saturated heterocycles. The largest absolute Gasteiger partial charge is 0.494 e. The monoisotopic (exact) mass is 472 g/mol. The van der Waals surface area contributed by atoms with Gasteiger partial charge in [0.05, 0.1) is 12.3 Å². The average Bonchev–Trinajstić information content (AvgIpc) is 2.91. The molecule has 2 N–H and O–H groups in total. The number of aryl methyl sites for hydroxylation is 2. The summed E-state index contributed by atoms with van der Waals surface area (Å²) in [7, 11) is 0. The highest BCUT2D eigenvalue weighted by Crippen LogP contribution is 2.13. The molecule has 0 aliphatic rings. The average molecular weight is 472 g/mol. The first-order valence-electron chi connectivity index (χ1n) is 8.79. The molecule has 0 bridgehead atoms. The van der Waals surface area contributed by atoms with Crippen molar-refractivity contribution in [1.29, 1.82) is 0 Å². The molecule has 0 amide bonds. The van der Waals surface area contributed by atoms with E-state index in [1.165, 1.54) is 5.56 Å². The zero-order valence-corrected chi connectivity index (χ0v) is 18.3. The van der Waals surface area contributed by atoms with Crippen molar-refractivity contribution in [1.82, 2.24) is 15.6 Å². The number of aromatic nitrogens is 1. The zero-order chi connectivity index (χ0) is 18.1. The summed E-state index contributed by atoms with van der Waals surface area (Å²) in [6.07, 6.45) is 0.891. The highest BCUT2D eigenvalue weighted by molar-refractivity contribution is 14.0. The van der Waals surface area contributed by atoms with Gasteiger partial charge in [-0.2, -0.15) is 0 Å². The van der Waals surface area contributed by atoms with E-state index >= 15 is 0 Å². The van der Waals surface area contributed by atoms with Crippen molar-refractivity contribution < 1.29 is 9.15 Å². The van der Waals surface area contributed by atoms with E-state index in [0.717, 1.165) is 42.7 Å². The zero-order valence-electron chi connectivity index (χ0n) is 16.0. The number of halogens is 1. The maximum Gasteiger partial charge on any atom is 0.216 e. The topological polar surface area (TPSA) is 71.7 Å². The second-order valence-electron chi connectivity index (χ2n) is 5.70. The maximum absolute atomic E-state index is 5.57. The summed E-state index contributed by atoms with van der Waals surface area (Å²) in [4.78, 5) is 8.88. The van der Waals surface area contributed by atoms with Gasteiger partial charge in [-0.05, 0) is 51.8 Å². The Morgan fingerprint density at radius 1 is 1.23 bits per heavy atom. The molecule has 0 aliphatic heterocycles. The van der Waals surface area contributed by atoms with Gasteiger partial charge < -0.3 is 19.8 Å². The van der Waals surface area contributed by atoms with Gasteiger partial charge in [-0.1, -0.05) is 12.1 Å². The SMILES string of the molecule is CCNC(=NCc1nc(C)c(C)o1)NCCc1cccc(OCC)c1.I. The lowest BCUT2D eigenvalue weighted by Crippen LogP contribution is -2.38. The van der Waals surface area contributed by atoms with Gasteiger partial charge in [0.2, 0.25) is 5.89 Å².